The van der Waals surface area contributed by atoms with E-state index in [1.165, 1.54) is 0 Å². The van der Waals surface area contributed by atoms with Crippen molar-refractivity contribution in [3.8, 4) is 5.75 Å². The van der Waals surface area contributed by atoms with Gasteiger partial charge in [0.15, 0.2) is 0 Å². The summed E-state index contributed by atoms with van der Waals surface area (Å²) in [5.41, 5.74) is 2.02. The zero-order valence-electron chi connectivity index (χ0n) is 17.9. The van der Waals surface area contributed by atoms with Crippen LogP contribution < -0.4 is 10.3 Å². The number of ether oxygens (including phenoxy) is 1. The highest BCUT2D eigenvalue weighted by Crippen LogP contribution is 2.25. The molecule has 1 aromatic heterocycles. The Morgan fingerprint density at radius 3 is 2.77 bits per heavy atom. The highest BCUT2D eigenvalue weighted by molar-refractivity contribution is 9.10. The van der Waals surface area contributed by atoms with E-state index in [4.69, 9.17) is 9.72 Å². The lowest BCUT2D eigenvalue weighted by Gasteiger charge is -2.20. The lowest BCUT2D eigenvalue weighted by Crippen LogP contribution is -2.28. The number of carbonyl (C=O) groups excluding carboxylic acids is 1. The fraction of sp³-hybridized carbons (Fsp3) is 0.375. The molecule has 1 aliphatic heterocycles. The second kappa shape index (κ2) is 9.22. The van der Waals surface area contributed by atoms with E-state index in [-0.39, 0.29) is 11.5 Å². The standard InChI is InChI=1S/C24H26BrN3O3/c1-27(15-17-13-18(25)9-11-21(17)31-2)23(29)16-8-10-19-20(14-16)26-22-7-5-3-4-6-12-28(22)24(19)30/h8-11,13-14H,3-7,12,15H2,1-2H3. The number of benzene rings is 2. The van der Waals surface area contributed by atoms with Crippen molar-refractivity contribution in [2.24, 2.45) is 0 Å². The molecule has 7 heteroatoms. The smallest absolute Gasteiger partial charge is 0.261 e. The Morgan fingerprint density at radius 1 is 1.16 bits per heavy atom. The molecular formula is C24H26BrN3O3. The Labute approximate surface area is 190 Å². The number of nitrogens with zero attached hydrogens (tertiary/aromatic N) is 3. The maximum absolute atomic E-state index is 13.1. The number of rotatable bonds is 4. The van der Waals surface area contributed by atoms with Crippen molar-refractivity contribution >= 4 is 32.7 Å². The zero-order chi connectivity index (χ0) is 22.0. The fourth-order valence-electron chi connectivity index (χ4n) is 4.15. The van der Waals surface area contributed by atoms with Crippen LogP contribution in [0.1, 0.15) is 47.4 Å². The van der Waals surface area contributed by atoms with Gasteiger partial charge in [0, 0.05) is 42.2 Å². The van der Waals surface area contributed by atoms with Crippen LogP contribution in [0.3, 0.4) is 0 Å². The van der Waals surface area contributed by atoms with Gasteiger partial charge in [0.1, 0.15) is 11.6 Å². The Kier molecular flexibility index (Phi) is 6.41. The average molecular weight is 484 g/mol. The first-order chi connectivity index (χ1) is 15.0. The van der Waals surface area contributed by atoms with Crippen LogP contribution in [0.4, 0.5) is 0 Å². The quantitative estimate of drug-likeness (QED) is 0.545. The van der Waals surface area contributed by atoms with Crippen LogP contribution >= 0.6 is 15.9 Å². The maximum Gasteiger partial charge on any atom is 0.261 e. The summed E-state index contributed by atoms with van der Waals surface area (Å²) in [7, 11) is 3.38. The monoisotopic (exact) mass is 483 g/mol. The van der Waals surface area contributed by atoms with Crippen molar-refractivity contribution in [3.63, 3.8) is 0 Å². The van der Waals surface area contributed by atoms with Crippen LogP contribution in [-0.2, 0) is 19.5 Å². The van der Waals surface area contributed by atoms with Gasteiger partial charge >= 0.3 is 0 Å². The summed E-state index contributed by atoms with van der Waals surface area (Å²) in [6, 6.07) is 10.9. The van der Waals surface area contributed by atoms with Gasteiger partial charge in [0.05, 0.1) is 18.0 Å². The third-order valence-electron chi connectivity index (χ3n) is 5.81. The van der Waals surface area contributed by atoms with Gasteiger partial charge in [0.2, 0.25) is 0 Å². The van der Waals surface area contributed by atoms with Crippen molar-refractivity contribution in [1.82, 2.24) is 14.5 Å². The first-order valence-electron chi connectivity index (χ1n) is 10.6. The molecule has 4 rings (SSSR count). The van der Waals surface area contributed by atoms with E-state index < -0.39 is 0 Å². The summed E-state index contributed by atoms with van der Waals surface area (Å²) in [5, 5.41) is 0.567. The third-order valence-corrected chi connectivity index (χ3v) is 6.30. The zero-order valence-corrected chi connectivity index (χ0v) is 19.4. The third kappa shape index (κ3) is 4.51. The van der Waals surface area contributed by atoms with Crippen LogP contribution in [-0.4, -0.2) is 34.5 Å². The van der Waals surface area contributed by atoms with Crippen molar-refractivity contribution in [1.29, 1.82) is 0 Å². The van der Waals surface area contributed by atoms with E-state index in [0.29, 0.717) is 23.0 Å². The van der Waals surface area contributed by atoms with Crippen molar-refractivity contribution in [3.05, 3.63) is 68.2 Å². The molecule has 31 heavy (non-hydrogen) atoms. The number of aryl methyl sites for hydroxylation is 1. The largest absolute Gasteiger partial charge is 0.496 e. The van der Waals surface area contributed by atoms with Gasteiger partial charge < -0.3 is 9.64 Å². The van der Waals surface area contributed by atoms with Crippen LogP contribution in [0.5, 0.6) is 5.75 Å². The van der Waals surface area contributed by atoms with Crippen LogP contribution in [0.15, 0.2) is 45.7 Å². The van der Waals surface area contributed by atoms with Crippen molar-refractivity contribution < 1.29 is 9.53 Å². The lowest BCUT2D eigenvalue weighted by atomic mass is 10.1. The number of methoxy groups -OCH3 is 1. The predicted molar refractivity (Wildman–Crippen MR) is 125 cm³/mol. The van der Waals surface area contributed by atoms with E-state index >= 15 is 0 Å². The van der Waals surface area contributed by atoms with Gasteiger partial charge in [0.25, 0.3) is 11.5 Å². The molecular weight excluding hydrogens is 458 g/mol. The van der Waals surface area contributed by atoms with Gasteiger partial charge in [-0.3, -0.25) is 14.2 Å². The predicted octanol–water partition coefficient (Wildman–Crippen LogP) is 4.56. The summed E-state index contributed by atoms with van der Waals surface area (Å²) in [6.07, 6.45) is 5.14. The van der Waals surface area contributed by atoms with E-state index in [0.717, 1.165) is 60.3 Å². The summed E-state index contributed by atoms with van der Waals surface area (Å²) < 4.78 is 8.16. The maximum atomic E-state index is 13.1. The molecule has 1 amide bonds. The van der Waals surface area contributed by atoms with E-state index in [9.17, 15) is 9.59 Å². The highest BCUT2D eigenvalue weighted by Gasteiger charge is 2.18. The van der Waals surface area contributed by atoms with Gasteiger partial charge in [-0.1, -0.05) is 28.8 Å². The van der Waals surface area contributed by atoms with E-state index in [1.807, 2.05) is 22.8 Å². The molecule has 0 unspecified atom stereocenters. The Hall–Kier alpha value is -2.67. The number of aromatic nitrogens is 2. The molecule has 0 aliphatic carbocycles. The average Bonchev–Trinajstić information content (AvgIpc) is 2.74. The van der Waals surface area contributed by atoms with E-state index in [2.05, 4.69) is 15.9 Å². The summed E-state index contributed by atoms with van der Waals surface area (Å²) in [5.74, 6) is 1.43. The van der Waals surface area contributed by atoms with Gasteiger partial charge in [-0.15, -0.1) is 0 Å². The molecule has 1 aliphatic rings. The Bertz CT molecular complexity index is 1190. The lowest BCUT2D eigenvalue weighted by molar-refractivity contribution is 0.0784. The molecule has 0 N–H and O–H groups in total. The summed E-state index contributed by atoms with van der Waals surface area (Å²) >= 11 is 3.47. The molecule has 0 saturated heterocycles. The number of amides is 1. The Morgan fingerprint density at radius 2 is 1.97 bits per heavy atom. The number of hydrogen-bond acceptors (Lipinski definition) is 4. The summed E-state index contributed by atoms with van der Waals surface area (Å²) in [4.78, 5) is 32.5. The SMILES string of the molecule is COc1ccc(Br)cc1CN(C)C(=O)c1ccc2c(=O)n3c(nc2c1)CCCCCC3. The summed E-state index contributed by atoms with van der Waals surface area (Å²) in [6.45, 7) is 1.12. The Balaban J connectivity index is 1.64. The van der Waals surface area contributed by atoms with Gasteiger partial charge in [-0.05, 0) is 49.2 Å². The first kappa shape index (κ1) is 21.6. The number of fused-ring (bicyclic) bond motifs is 2. The van der Waals surface area contributed by atoms with Crippen LogP contribution in [0.2, 0.25) is 0 Å². The minimum Gasteiger partial charge on any atom is -0.496 e. The van der Waals surface area contributed by atoms with Crippen molar-refractivity contribution in [2.75, 3.05) is 14.2 Å². The highest BCUT2D eigenvalue weighted by atomic mass is 79.9. The molecule has 0 atom stereocenters. The molecule has 2 aromatic carbocycles. The first-order valence-corrected chi connectivity index (χ1v) is 11.4. The molecule has 2 heterocycles. The number of halogens is 1. The van der Waals surface area contributed by atoms with Gasteiger partial charge in [-0.25, -0.2) is 4.98 Å². The van der Waals surface area contributed by atoms with Crippen LogP contribution in [0.25, 0.3) is 10.9 Å². The van der Waals surface area contributed by atoms with Gasteiger partial charge in [-0.2, -0.15) is 0 Å². The van der Waals surface area contributed by atoms with Crippen molar-refractivity contribution in [2.45, 2.75) is 45.2 Å². The second-order valence-corrected chi connectivity index (χ2v) is 8.91. The van der Waals surface area contributed by atoms with Crippen LogP contribution in [0, 0.1) is 0 Å². The normalized spacial score (nSPS) is 13.9. The molecule has 0 fully saturated rings. The molecule has 0 spiro atoms. The number of hydrogen-bond donors (Lipinski definition) is 0. The molecule has 0 saturated carbocycles. The minimum atomic E-state index is -0.127. The molecule has 3 aromatic rings. The van der Waals surface area contributed by atoms with E-state index in [1.54, 1.807) is 37.3 Å². The second-order valence-electron chi connectivity index (χ2n) is 8.00. The fourth-order valence-corrected chi connectivity index (χ4v) is 4.56. The minimum absolute atomic E-state index is 0.00637. The molecule has 0 radical (unpaired) electrons. The molecule has 162 valence electrons. The topological polar surface area (TPSA) is 64.4 Å². The number of carbonyl (C=O) groups is 1. The molecule has 6 nitrogen and oxygen atoms in total. The molecule has 0 bridgehead atoms.